The molecule has 0 N–H and O–H groups in total. The molecule has 0 unspecified atom stereocenters. The van der Waals surface area contributed by atoms with Crippen molar-refractivity contribution in [3.63, 3.8) is 0 Å². The first-order valence-corrected chi connectivity index (χ1v) is 12.0. The second-order valence-corrected chi connectivity index (χ2v) is 8.61. The molecule has 1 aliphatic rings. The number of carbonyl (C=O) groups is 2. The first kappa shape index (κ1) is 24.8. The Hall–Kier alpha value is -4.31. The van der Waals surface area contributed by atoms with E-state index in [0.717, 1.165) is 16.9 Å². The highest BCUT2D eigenvalue weighted by Gasteiger charge is 2.25. The normalized spacial score (nSPS) is 13.1. The molecule has 0 bridgehead atoms. The highest BCUT2D eigenvalue weighted by molar-refractivity contribution is 5.94. The second kappa shape index (κ2) is 11.9. The van der Waals surface area contributed by atoms with Crippen LogP contribution in [0.4, 0.5) is 0 Å². The van der Waals surface area contributed by atoms with Gasteiger partial charge >= 0.3 is 0 Å². The molecule has 1 saturated heterocycles. The predicted octanol–water partition coefficient (Wildman–Crippen LogP) is 4.06. The number of rotatable bonds is 8. The summed E-state index contributed by atoms with van der Waals surface area (Å²) in [5.74, 6) is 1.39. The summed E-state index contributed by atoms with van der Waals surface area (Å²) in [4.78, 5) is 29.4. The Morgan fingerprint density at radius 3 is 2.33 bits per heavy atom. The van der Waals surface area contributed by atoms with E-state index in [-0.39, 0.29) is 18.4 Å². The number of hydrogen-bond donors (Lipinski definition) is 0. The highest BCUT2D eigenvalue weighted by Crippen LogP contribution is 2.19. The van der Waals surface area contributed by atoms with Crippen LogP contribution in [0.2, 0.25) is 0 Å². The van der Waals surface area contributed by atoms with Crippen LogP contribution in [0, 0.1) is 11.3 Å². The number of nitrogens with zero attached hydrogens (tertiary/aromatic N) is 3. The summed E-state index contributed by atoms with van der Waals surface area (Å²) < 4.78 is 11.0. The summed E-state index contributed by atoms with van der Waals surface area (Å²) in [5, 5.41) is 9.25. The minimum atomic E-state index is -0.0804. The Morgan fingerprint density at radius 1 is 0.889 bits per heavy atom. The molecule has 2 amide bonds. The van der Waals surface area contributed by atoms with Crippen molar-refractivity contribution >= 4 is 11.8 Å². The maximum atomic E-state index is 13.1. The van der Waals surface area contributed by atoms with Crippen molar-refractivity contribution in [2.24, 2.45) is 0 Å². The largest absolute Gasteiger partial charge is 0.497 e. The van der Waals surface area contributed by atoms with Gasteiger partial charge in [0.15, 0.2) is 0 Å². The summed E-state index contributed by atoms with van der Waals surface area (Å²) in [5.41, 5.74) is 3.00. The molecule has 1 fully saturated rings. The monoisotopic (exact) mass is 483 g/mol. The van der Waals surface area contributed by atoms with E-state index in [4.69, 9.17) is 9.47 Å². The Labute approximate surface area is 211 Å². The third-order valence-electron chi connectivity index (χ3n) is 6.32. The van der Waals surface area contributed by atoms with Gasteiger partial charge in [0.1, 0.15) is 18.1 Å². The fourth-order valence-electron chi connectivity index (χ4n) is 4.18. The van der Waals surface area contributed by atoms with E-state index in [1.54, 1.807) is 42.3 Å². The molecule has 0 saturated carbocycles. The van der Waals surface area contributed by atoms with Crippen molar-refractivity contribution in [2.45, 2.75) is 19.4 Å². The standard InChI is InChI=1S/C29H29N3O4/c1-35-26-12-9-22(10-13-26)11-14-28(33)31-15-17-32(18-16-31)29(34)23-7-4-8-27(19-23)36-21-25-6-3-2-5-24(25)20-30/h2-10,12-13,19H,11,14-18,21H2,1H3. The summed E-state index contributed by atoms with van der Waals surface area (Å²) in [6, 6.07) is 24.3. The number of hydrogen-bond acceptors (Lipinski definition) is 5. The lowest BCUT2D eigenvalue weighted by atomic mass is 10.1. The maximum absolute atomic E-state index is 13.1. The van der Waals surface area contributed by atoms with Gasteiger partial charge in [-0.2, -0.15) is 5.26 Å². The van der Waals surface area contributed by atoms with Crippen molar-refractivity contribution in [2.75, 3.05) is 33.3 Å². The lowest BCUT2D eigenvalue weighted by molar-refractivity contribution is -0.132. The molecule has 1 heterocycles. The zero-order valence-corrected chi connectivity index (χ0v) is 20.4. The van der Waals surface area contributed by atoms with Gasteiger partial charge in [-0.25, -0.2) is 0 Å². The van der Waals surface area contributed by atoms with Crippen LogP contribution in [0.3, 0.4) is 0 Å². The first-order chi connectivity index (χ1) is 17.6. The van der Waals surface area contributed by atoms with Crippen LogP contribution >= 0.6 is 0 Å². The van der Waals surface area contributed by atoms with E-state index in [9.17, 15) is 14.9 Å². The number of amides is 2. The van der Waals surface area contributed by atoms with Crippen molar-refractivity contribution in [3.8, 4) is 17.6 Å². The minimum absolute atomic E-state index is 0.0804. The van der Waals surface area contributed by atoms with Gasteiger partial charge < -0.3 is 19.3 Å². The number of carbonyl (C=O) groups excluding carboxylic acids is 2. The number of ether oxygens (including phenoxy) is 2. The molecule has 0 aromatic heterocycles. The molecule has 0 atom stereocenters. The second-order valence-electron chi connectivity index (χ2n) is 8.61. The van der Waals surface area contributed by atoms with Gasteiger partial charge in [-0.3, -0.25) is 9.59 Å². The van der Waals surface area contributed by atoms with Crippen LogP contribution in [-0.4, -0.2) is 54.9 Å². The molecule has 3 aromatic rings. The predicted molar refractivity (Wildman–Crippen MR) is 136 cm³/mol. The van der Waals surface area contributed by atoms with E-state index in [0.29, 0.717) is 55.9 Å². The van der Waals surface area contributed by atoms with E-state index in [1.165, 1.54) is 0 Å². The van der Waals surface area contributed by atoms with E-state index >= 15 is 0 Å². The third kappa shape index (κ3) is 6.22. The lowest BCUT2D eigenvalue weighted by Gasteiger charge is -2.35. The van der Waals surface area contributed by atoms with Crippen LogP contribution in [0.25, 0.3) is 0 Å². The van der Waals surface area contributed by atoms with Crippen molar-refractivity contribution in [1.29, 1.82) is 5.26 Å². The van der Waals surface area contributed by atoms with Crippen molar-refractivity contribution in [3.05, 3.63) is 95.1 Å². The van der Waals surface area contributed by atoms with Gasteiger partial charge in [0.05, 0.1) is 18.7 Å². The number of piperazine rings is 1. The Morgan fingerprint density at radius 2 is 1.61 bits per heavy atom. The molecule has 184 valence electrons. The highest BCUT2D eigenvalue weighted by atomic mass is 16.5. The fraction of sp³-hybridized carbons (Fsp3) is 0.276. The number of nitriles is 1. The van der Waals surface area contributed by atoms with Crippen LogP contribution < -0.4 is 9.47 Å². The molecule has 4 rings (SSSR count). The summed E-state index contributed by atoms with van der Waals surface area (Å²) >= 11 is 0. The van der Waals surface area contributed by atoms with Gasteiger partial charge in [-0.05, 0) is 48.4 Å². The fourth-order valence-corrected chi connectivity index (χ4v) is 4.18. The SMILES string of the molecule is COc1ccc(CCC(=O)N2CCN(C(=O)c3cccc(OCc4ccccc4C#N)c3)CC2)cc1. The average molecular weight is 484 g/mol. The number of aryl methyl sites for hydroxylation is 1. The molecule has 7 nitrogen and oxygen atoms in total. The molecule has 0 radical (unpaired) electrons. The molecule has 1 aliphatic heterocycles. The van der Waals surface area contributed by atoms with Gasteiger partial charge in [0.25, 0.3) is 5.91 Å². The zero-order valence-electron chi connectivity index (χ0n) is 20.4. The van der Waals surface area contributed by atoms with Crippen LogP contribution in [0.1, 0.15) is 33.5 Å². The zero-order chi connectivity index (χ0) is 25.3. The molecule has 36 heavy (non-hydrogen) atoms. The average Bonchev–Trinajstić information content (AvgIpc) is 2.95. The molecular weight excluding hydrogens is 454 g/mol. The first-order valence-electron chi connectivity index (χ1n) is 12.0. The summed E-state index contributed by atoms with van der Waals surface area (Å²) in [7, 11) is 1.63. The third-order valence-corrected chi connectivity index (χ3v) is 6.32. The van der Waals surface area contributed by atoms with Gasteiger partial charge in [-0.1, -0.05) is 36.4 Å². The van der Waals surface area contributed by atoms with Crippen LogP contribution in [-0.2, 0) is 17.8 Å². The van der Waals surface area contributed by atoms with Gasteiger partial charge in [0.2, 0.25) is 5.91 Å². The van der Waals surface area contributed by atoms with Gasteiger partial charge in [-0.15, -0.1) is 0 Å². The topological polar surface area (TPSA) is 82.9 Å². The Bertz CT molecular complexity index is 1240. The molecule has 0 spiro atoms. The Kier molecular flexibility index (Phi) is 8.20. The molecular formula is C29H29N3O4. The van der Waals surface area contributed by atoms with Crippen LogP contribution in [0.5, 0.6) is 11.5 Å². The van der Waals surface area contributed by atoms with Crippen molar-refractivity contribution in [1.82, 2.24) is 9.80 Å². The molecule has 0 aliphatic carbocycles. The van der Waals surface area contributed by atoms with Crippen molar-refractivity contribution < 1.29 is 19.1 Å². The minimum Gasteiger partial charge on any atom is -0.497 e. The van der Waals surface area contributed by atoms with Crippen LogP contribution in [0.15, 0.2) is 72.8 Å². The summed E-state index contributed by atoms with van der Waals surface area (Å²) in [6.07, 6.45) is 1.11. The smallest absolute Gasteiger partial charge is 0.254 e. The lowest BCUT2D eigenvalue weighted by Crippen LogP contribution is -2.50. The Balaban J connectivity index is 1.27. The van der Waals surface area contributed by atoms with E-state index in [1.807, 2.05) is 47.4 Å². The molecule has 3 aromatic carbocycles. The van der Waals surface area contributed by atoms with E-state index < -0.39 is 0 Å². The summed E-state index contributed by atoms with van der Waals surface area (Å²) in [6.45, 7) is 2.28. The number of methoxy groups -OCH3 is 1. The quantitative estimate of drug-likeness (QED) is 0.483. The number of benzene rings is 3. The maximum Gasteiger partial charge on any atom is 0.254 e. The van der Waals surface area contributed by atoms with Gasteiger partial charge in [0, 0.05) is 43.7 Å². The molecule has 7 heteroatoms. The van der Waals surface area contributed by atoms with E-state index in [2.05, 4.69) is 6.07 Å².